The lowest BCUT2D eigenvalue weighted by atomic mass is 10.1. The van der Waals surface area contributed by atoms with Crippen molar-refractivity contribution in [3.05, 3.63) is 0 Å². The van der Waals surface area contributed by atoms with Gasteiger partial charge in [-0.3, -0.25) is 4.79 Å². The maximum Gasteiger partial charge on any atom is 0.217 e. The number of primary amides is 1. The van der Waals surface area contributed by atoms with Crippen molar-refractivity contribution in [1.29, 1.82) is 0 Å². The van der Waals surface area contributed by atoms with Gasteiger partial charge in [-0.2, -0.15) is 0 Å². The molecule has 0 aliphatic rings. The van der Waals surface area contributed by atoms with Crippen molar-refractivity contribution in [1.82, 2.24) is 0 Å². The van der Waals surface area contributed by atoms with Gasteiger partial charge in [0.1, 0.15) is 0 Å². The van der Waals surface area contributed by atoms with Crippen molar-refractivity contribution in [2.24, 2.45) is 5.73 Å². The van der Waals surface area contributed by atoms with Crippen molar-refractivity contribution in [2.45, 2.75) is 84.5 Å². The van der Waals surface area contributed by atoms with Gasteiger partial charge in [0.05, 0.1) is 0 Å². The SMILES string of the molecule is CCCCCCCCCCCC(N)=O.CCCSO. The van der Waals surface area contributed by atoms with Crippen LogP contribution in [0.5, 0.6) is 0 Å². The molecule has 0 aromatic heterocycles. The summed E-state index contributed by atoms with van der Waals surface area (Å²) in [7, 11) is 0. The molecule has 0 radical (unpaired) electrons. The second kappa shape index (κ2) is 20.1. The zero-order valence-electron chi connectivity index (χ0n) is 12.8. The van der Waals surface area contributed by atoms with Gasteiger partial charge in [0.25, 0.3) is 0 Å². The van der Waals surface area contributed by atoms with Crippen LogP contribution in [-0.4, -0.2) is 16.2 Å². The first-order chi connectivity index (χ1) is 9.18. The van der Waals surface area contributed by atoms with Crippen LogP contribution < -0.4 is 5.73 Å². The second-order valence-electron chi connectivity index (χ2n) is 4.88. The van der Waals surface area contributed by atoms with Crippen LogP contribution >= 0.6 is 12.0 Å². The number of rotatable bonds is 12. The lowest BCUT2D eigenvalue weighted by Gasteiger charge is -2.00. The van der Waals surface area contributed by atoms with Gasteiger partial charge in [-0.05, 0) is 24.9 Å². The van der Waals surface area contributed by atoms with Gasteiger partial charge in [0.2, 0.25) is 5.91 Å². The fraction of sp³-hybridized carbons (Fsp3) is 0.933. The summed E-state index contributed by atoms with van der Waals surface area (Å²) < 4.78 is 7.98. The Labute approximate surface area is 123 Å². The van der Waals surface area contributed by atoms with Crippen molar-refractivity contribution in [2.75, 3.05) is 5.75 Å². The van der Waals surface area contributed by atoms with Crippen LogP contribution in [0.25, 0.3) is 0 Å². The zero-order valence-corrected chi connectivity index (χ0v) is 13.6. The Hall–Kier alpha value is -0.220. The molecule has 1 amide bonds. The smallest absolute Gasteiger partial charge is 0.217 e. The van der Waals surface area contributed by atoms with E-state index in [9.17, 15) is 4.79 Å². The monoisotopic (exact) mass is 291 g/mol. The molecule has 0 bridgehead atoms. The summed E-state index contributed by atoms with van der Waals surface area (Å²) in [4.78, 5) is 10.4. The van der Waals surface area contributed by atoms with Gasteiger partial charge in [0.15, 0.2) is 0 Å². The van der Waals surface area contributed by atoms with Gasteiger partial charge in [0, 0.05) is 12.2 Å². The van der Waals surface area contributed by atoms with E-state index in [1.165, 1.54) is 44.9 Å². The maximum atomic E-state index is 10.4. The molecule has 0 atom stereocenters. The number of nitrogens with two attached hydrogens (primary N) is 1. The largest absolute Gasteiger partial charge is 0.370 e. The van der Waals surface area contributed by atoms with Crippen molar-refractivity contribution in [3.63, 3.8) is 0 Å². The Bertz CT molecular complexity index is 176. The molecule has 0 aliphatic heterocycles. The highest BCUT2D eigenvalue weighted by molar-refractivity contribution is 7.93. The van der Waals surface area contributed by atoms with E-state index >= 15 is 0 Å². The normalized spacial score (nSPS) is 9.84. The average molecular weight is 292 g/mol. The van der Waals surface area contributed by atoms with E-state index < -0.39 is 0 Å². The van der Waals surface area contributed by atoms with Crippen LogP contribution in [-0.2, 0) is 4.79 Å². The van der Waals surface area contributed by atoms with E-state index in [-0.39, 0.29) is 5.91 Å². The summed E-state index contributed by atoms with van der Waals surface area (Å²) >= 11 is 0.902. The van der Waals surface area contributed by atoms with Crippen LogP contribution in [0.2, 0.25) is 0 Å². The Morgan fingerprint density at radius 1 is 0.895 bits per heavy atom. The van der Waals surface area contributed by atoms with E-state index in [1.54, 1.807) is 0 Å². The van der Waals surface area contributed by atoms with Gasteiger partial charge < -0.3 is 10.3 Å². The molecule has 0 saturated carbocycles. The summed E-state index contributed by atoms with van der Waals surface area (Å²) in [5, 5.41) is 0. The molecule has 0 fully saturated rings. The van der Waals surface area contributed by atoms with Gasteiger partial charge in [-0.25, -0.2) is 0 Å². The van der Waals surface area contributed by atoms with Gasteiger partial charge in [-0.1, -0.05) is 65.2 Å². The molecule has 0 unspecified atom stereocenters. The van der Waals surface area contributed by atoms with Crippen LogP contribution in [0, 0.1) is 0 Å². The van der Waals surface area contributed by atoms with Gasteiger partial charge >= 0.3 is 0 Å². The molecule has 0 heterocycles. The first-order valence-corrected chi connectivity index (χ1v) is 8.67. The lowest BCUT2D eigenvalue weighted by molar-refractivity contribution is -0.118. The molecule has 0 saturated heterocycles. The number of hydrogen-bond acceptors (Lipinski definition) is 3. The molecule has 19 heavy (non-hydrogen) atoms. The summed E-state index contributed by atoms with van der Waals surface area (Å²) in [5.74, 6) is 0.702. The Morgan fingerprint density at radius 2 is 1.37 bits per heavy atom. The van der Waals surface area contributed by atoms with Crippen LogP contribution in [0.15, 0.2) is 0 Å². The van der Waals surface area contributed by atoms with Crippen molar-refractivity contribution in [3.8, 4) is 0 Å². The fourth-order valence-electron chi connectivity index (χ4n) is 1.70. The third kappa shape index (κ3) is 27.1. The number of carbonyl (C=O) groups excluding carboxylic acids is 1. The molecule has 0 rings (SSSR count). The van der Waals surface area contributed by atoms with E-state index in [0.29, 0.717) is 6.42 Å². The van der Waals surface area contributed by atoms with Crippen LogP contribution in [0.3, 0.4) is 0 Å². The van der Waals surface area contributed by atoms with E-state index in [2.05, 4.69) is 6.92 Å². The highest BCUT2D eigenvalue weighted by atomic mass is 32.2. The molecule has 0 aromatic carbocycles. The van der Waals surface area contributed by atoms with Gasteiger partial charge in [-0.15, -0.1) is 0 Å². The Kier molecular flexibility index (Phi) is 22.3. The first-order valence-electron chi connectivity index (χ1n) is 7.73. The maximum absolute atomic E-state index is 10.4. The quantitative estimate of drug-likeness (QED) is 0.393. The Morgan fingerprint density at radius 3 is 1.68 bits per heavy atom. The number of unbranched alkanes of at least 4 members (excludes halogenated alkanes) is 8. The minimum absolute atomic E-state index is 0.159. The molecule has 0 spiro atoms. The number of carbonyl (C=O) groups is 1. The van der Waals surface area contributed by atoms with E-state index in [0.717, 1.165) is 37.1 Å². The molecule has 0 aliphatic carbocycles. The molecule has 116 valence electrons. The average Bonchev–Trinajstić information content (AvgIpc) is 2.38. The fourth-order valence-corrected chi connectivity index (χ4v) is 1.88. The summed E-state index contributed by atoms with van der Waals surface area (Å²) in [6.45, 7) is 4.27. The Balaban J connectivity index is 0. The third-order valence-electron chi connectivity index (χ3n) is 2.82. The highest BCUT2D eigenvalue weighted by Gasteiger charge is 1.94. The second-order valence-corrected chi connectivity index (χ2v) is 5.54. The molecular formula is C15H33NO2S. The number of amides is 1. The summed E-state index contributed by atoms with van der Waals surface area (Å²) in [6.07, 6.45) is 13.2. The zero-order chi connectivity index (χ0) is 14.8. The van der Waals surface area contributed by atoms with Crippen molar-refractivity contribution < 1.29 is 9.35 Å². The minimum atomic E-state index is -0.159. The molecular weight excluding hydrogens is 258 g/mol. The number of hydrogen-bond donors (Lipinski definition) is 2. The molecule has 3 N–H and O–H groups in total. The summed E-state index contributed by atoms with van der Waals surface area (Å²) in [5.41, 5.74) is 5.05. The molecule has 4 heteroatoms. The van der Waals surface area contributed by atoms with E-state index in [4.69, 9.17) is 10.3 Å². The highest BCUT2D eigenvalue weighted by Crippen LogP contribution is 2.10. The lowest BCUT2D eigenvalue weighted by Crippen LogP contribution is -2.09. The topological polar surface area (TPSA) is 63.3 Å². The van der Waals surface area contributed by atoms with E-state index in [1.807, 2.05) is 6.92 Å². The van der Waals surface area contributed by atoms with Crippen molar-refractivity contribution >= 4 is 17.9 Å². The predicted octanol–water partition coefficient (Wildman–Crippen LogP) is 5.00. The summed E-state index contributed by atoms with van der Waals surface area (Å²) in [6, 6.07) is 0. The molecule has 0 aromatic rings. The first kappa shape index (κ1) is 21.1. The third-order valence-corrected chi connectivity index (χ3v) is 3.41. The standard InChI is InChI=1S/C12H25NO.C3H8OS/c1-2-3-4-5-6-7-8-9-10-11-12(13)14;1-2-3-5-4/h2-11H2,1H3,(H2,13,14);4H,2-3H2,1H3. The minimum Gasteiger partial charge on any atom is -0.370 e. The molecule has 3 nitrogen and oxygen atoms in total. The predicted molar refractivity (Wildman–Crippen MR) is 86.4 cm³/mol. The van der Waals surface area contributed by atoms with Crippen LogP contribution in [0.4, 0.5) is 0 Å². The van der Waals surface area contributed by atoms with Crippen LogP contribution in [0.1, 0.15) is 84.5 Å².